The molecule has 2 aromatic rings. The zero-order valence-corrected chi connectivity index (χ0v) is 7.74. The molecule has 0 aliphatic heterocycles. The number of fused-ring (bicyclic) bond motifs is 1. The average molecular weight is 190 g/mol. The van der Waals surface area contributed by atoms with Crippen molar-refractivity contribution in [2.24, 2.45) is 0 Å². The molecule has 0 aliphatic carbocycles. The first kappa shape index (κ1) is 8.74. The van der Waals surface area contributed by atoms with E-state index < -0.39 is 5.97 Å². The van der Waals surface area contributed by atoms with Gasteiger partial charge in [-0.3, -0.25) is 4.79 Å². The Balaban J connectivity index is 2.55. The second kappa shape index (κ2) is 3.14. The second-order valence-electron chi connectivity index (χ2n) is 3.29. The first-order chi connectivity index (χ1) is 6.66. The van der Waals surface area contributed by atoms with Crippen LogP contribution in [0.25, 0.3) is 11.0 Å². The molecule has 0 aliphatic rings. The zero-order valence-electron chi connectivity index (χ0n) is 7.74. The standard InChI is InChI=1S/C10H10N2O2/c1-6-2-8-7(3-9(13)14)5-12-10(8)11-4-6/h2,4-5H,3H2,1H3,(H,11,12)(H,13,14). The highest BCUT2D eigenvalue weighted by atomic mass is 16.4. The molecule has 2 rings (SSSR count). The zero-order chi connectivity index (χ0) is 10.1. The Hall–Kier alpha value is -1.84. The van der Waals surface area contributed by atoms with Crippen LogP contribution < -0.4 is 0 Å². The molecule has 14 heavy (non-hydrogen) atoms. The topological polar surface area (TPSA) is 66.0 Å². The molecule has 0 radical (unpaired) electrons. The van der Waals surface area contributed by atoms with Crippen LogP contribution in [0, 0.1) is 6.92 Å². The number of rotatable bonds is 2. The minimum absolute atomic E-state index is 0.0329. The van der Waals surface area contributed by atoms with Crippen LogP contribution in [-0.2, 0) is 11.2 Å². The third-order valence-corrected chi connectivity index (χ3v) is 2.10. The molecular weight excluding hydrogens is 180 g/mol. The van der Waals surface area contributed by atoms with Crippen LogP contribution >= 0.6 is 0 Å². The van der Waals surface area contributed by atoms with Crippen LogP contribution in [0.5, 0.6) is 0 Å². The Bertz CT molecular complexity index is 488. The number of carbonyl (C=O) groups is 1. The highest BCUT2D eigenvalue weighted by Gasteiger charge is 2.07. The van der Waals surface area contributed by atoms with Gasteiger partial charge in [0.25, 0.3) is 0 Å². The van der Waals surface area contributed by atoms with Crippen molar-refractivity contribution in [3.63, 3.8) is 0 Å². The van der Waals surface area contributed by atoms with Crippen molar-refractivity contribution >= 4 is 17.0 Å². The summed E-state index contributed by atoms with van der Waals surface area (Å²) >= 11 is 0. The number of aliphatic carboxylic acids is 1. The molecule has 72 valence electrons. The van der Waals surface area contributed by atoms with Gasteiger partial charge < -0.3 is 10.1 Å². The van der Waals surface area contributed by atoms with E-state index in [0.29, 0.717) is 0 Å². The summed E-state index contributed by atoms with van der Waals surface area (Å²) in [6.07, 6.45) is 3.49. The number of nitrogens with one attached hydrogen (secondary N) is 1. The van der Waals surface area contributed by atoms with Crippen molar-refractivity contribution in [3.05, 3.63) is 29.6 Å². The van der Waals surface area contributed by atoms with Crippen molar-refractivity contribution < 1.29 is 9.90 Å². The normalized spacial score (nSPS) is 10.6. The molecule has 0 spiro atoms. The van der Waals surface area contributed by atoms with Crippen LogP contribution in [0.15, 0.2) is 18.5 Å². The van der Waals surface area contributed by atoms with Crippen molar-refractivity contribution in [2.45, 2.75) is 13.3 Å². The lowest BCUT2D eigenvalue weighted by Gasteiger charge is -1.95. The van der Waals surface area contributed by atoms with Crippen molar-refractivity contribution in [2.75, 3.05) is 0 Å². The molecule has 0 bridgehead atoms. The lowest BCUT2D eigenvalue weighted by atomic mass is 10.1. The quantitative estimate of drug-likeness (QED) is 0.754. The van der Waals surface area contributed by atoms with E-state index in [1.54, 1.807) is 12.4 Å². The van der Waals surface area contributed by atoms with Crippen LogP contribution in [0.1, 0.15) is 11.1 Å². The Labute approximate surface area is 80.6 Å². The molecule has 2 N–H and O–H groups in total. The summed E-state index contributed by atoms with van der Waals surface area (Å²) in [7, 11) is 0. The molecule has 2 heterocycles. The molecule has 0 atom stereocenters. The van der Waals surface area contributed by atoms with E-state index >= 15 is 0 Å². The van der Waals surface area contributed by atoms with Gasteiger partial charge in [-0.2, -0.15) is 0 Å². The highest BCUT2D eigenvalue weighted by molar-refractivity contribution is 5.84. The van der Waals surface area contributed by atoms with Crippen LogP contribution in [0.3, 0.4) is 0 Å². The van der Waals surface area contributed by atoms with E-state index in [-0.39, 0.29) is 6.42 Å². The van der Waals surface area contributed by atoms with E-state index in [2.05, 4.69) is 9.97 Å². The summed E-state index contributed by atoms with van der Waals surface area (Å²) in [6.45, 7) is 1.93. The van der Waals surface area contributed by atoms with Crippen molar-refractivity contribution in [1.29, 1.82) is 0 Å². The van der Waals surface area contributed by atoms with Gasteiger partial charge in [0.15, 0.2) is 0 Å². The number of carboxylic acid groups (broad SMARTS) is 1. The lowest BCUT2D eigenvalue weighted by Crippen LogP contribution is -1.98. The molecule has 0 saturated heterocycles. The van der Waals surface area contributed by atoms with Gasteiger partial charge >= 0.3 is 5.97 Å². The molecular formula is C10H10N2O2. The van der Waals surface area contributed by atoms with E-state index in [4.69, 9.17) is 5.11 Å². The largest absolute Gasteiger partial charge is 0.481 e. The molecule has 0 saturated carbocycles. The van der Waals surface area contributed by atoms with E-state index in [1.807, 2.05) is 13.0 Å². The number of pyridine rings is 1. The highest BCUT2D eigenvalue weighted by Crippen LogP contribution is 2.17. The van der Waals surface area contributed by atoms with Gasteiger partial charge in [0, 0.05) is 17.8 Å². The van der Waals surface area contributed by atoms with Crippen LogP contribution in [0.4, 0.5) is 0 Å². The Kier molecular flexibility index (Phi) is 1.96. The molecule has 4 nitrogen and oxygen atoms in total. The monoisotopic (exact) mass is 190 g/mol. The summed E-state index contributed by atoms with van der Waals surface area (Å²) in [4.78, 5) is 17.7. The maximum Gasteiger partial charge on any atom is 0.307 e. The van der Waals surface area contributed by atoms with E-state index in [0.717, 1.165) is 22.2 Å². The fraction of sp³-hybridized carbons (Fsp3) is 0.200. The maximum atomic E-state index is 10.6. The summed E-state index contributed by atoms with van der Waals surface area (Å²) in [6, 6.07) is 1.94. The van der Waals surface area contributed by atoms with Gasteiger partial charge in [-0.15, -0.1) is 0 Å². The van der Waals surface area contributed by atoms with Gasteiger partial charge in [-0.25, -0.2) is 4.98 Å². The maximum absolute atomic E-state index is 10.6. The first-order valence-corrected chi connectivity index (χ1v) is 4.31. The molecule has 2 aromatic heterocycles. The number of hydrogen-bond acceptors (Lipinski definition) is 2. The summed E-state index contributed by atoms with van der Waals surface area (Å²) in [5, 5.41) is 9.58. The minimum atomic E-state index is -0.826. The predicted molar refractivity (Wildman–Crippen MR) is 52.2 cm³/mol. The summed E-state index contributed by atoms with van der Waals surface area (Å²) in [5.74, 6) is -0.826. The van der Waals surface area contributed by atoms with Gasteiger partial charge in [0.05, 0.1) is 6.42 Å². The van der Waals surface area contributed by atoms with Gasteiger partial charge in [-0.05, 0) is 24.1 Å². The third kappa shape index (κ3) is 1.46. The number of H-pyrrole nitrogens is 1. The Morgan fingerprint density at radius 1 is 1.64 bits per heavy atom. The molecule has 0 amide bonds. The number of aromatic amines is 1. The number of aromatic nitrogens is 2. The number of hydrogen-bond donors (Lipinski definition) is 2. The molecule has 4 heteroatoms. The second-order valence-corrected chi connectivity index (χ2v) is 3.29. The van der Waals surface area contributed by atoms with Crippen molar-refractivity contribution in [3.8, 4) is 0 Å². The van der Waals surface area contributed by atoms with Crippen LogP contribution in [-0.4, -0.2) is 21.0 Å². The number of carboxylic acids is 1. The summed E-state index contributed by atoms with van der Waals surface area (Å²) < 4.78 is 0. The Morgan fingerprint density at radius 3 is 3.14 bits per heavy atom. The molecule has 0 fully saturated rings. The van der Waals surface area contributed by atoms with Gasteiger partial charge in [0.1, 0.15) is 5.65 Å². The average Bonchev–Trinajstić information content (AvgIpc) is 2.47. The van der Waals surface area contributed by atoms with E-state index in [9.17, 15) is 4.79 Å². The summed E-state index contributed by atoms with van der Waals surface area (Å²) in [5.41, 5.74) is 2.55. The molecule has 0 unspecified atom stereocenters. The van der Waals surface area contributed by atoms with E-state index in [1.165, 1.54) is 0 Å². The molecule has 0 aromatic carbocycles. The third-order valence-electron chi connectivity index (χ3n) is 2.10. The smallest absolute Gasteiger partial charge is 0.307 e. The lowest BCUT2D eigenvalue weighted by molar-refractivity contribution is -0.136. The van der Waals surface area contributed by atoms with Crippen molar-refractivity contribution in [1.82, 2.24) is 9.97 Å². The van der Waals surface area contributed by atoms with Gasteiger partial charge in [-0.1, -0.05) is 0 Å². The fourth-order valence-corrected chi connectivity index (χ4v) is 1.47. The fourth-order valence-electron chi connectivity index (χ4n) is 1.47. The number of aryl methyl sites for hydroxylation is 1. The SMILES string of the molecule is Cc1cnc2[nH]cc(CC(=O)O)c2c1. The number of nitrogens with zero attached hydrogens (tertiary/aromatic N) is 1. The minimum Gasteiger partial charge on any atom is -0.481 e. The van der Waals surface area contributed by atoms with Crippen LogP contribution in [0.2, 0.25) is 0 Å². The first-order valence-electron chi connectivity index (χ1n) is 4.31. The van der Waals surface area contributed by atoms with Gasteiger partial charge in [0.2, 0.25) is 0 Å². The predicted octanol–water partition coefficient (Wildman–Crippen LogP) is 1.50. The Morgan fingerprint density at radius 2 is 2.43 bits per heavy atom.